The Bertz CT molecular complexity index is 1230. The van der Waals surface area contributed by atoms with Gasteiger partial charge >= 0.3 is 12.1 Å². The fourth-order valence-corrected chi connectivity index (χ4v) is 6.02. The zero-order chi connectivity index (χ0) is 29.1. The first-order chi connectivity index (χ1) is 18.9. The highest BCUT2D eigenvalue weighted by Crippen LogP contribution is 2.38. The number of aliphatic hydroxyl groups is 1. The van der Waals surface area contributed by atoms with E-state index < -0.39 is 23.2 Å². The molecule has 0 aliphatic carbocycles. The molecule has 0 aromatic carbocycles. The molecule has 3 N–H and O–H groups in total. The number of nitrogens with one attached hydrogen (secondary N) is 1. The average Bonchev–Trinajstić information content (AvgIpc) is 2.89. The Kier molecular flexibility index (Phi) is 9.31. The number of piperidine rings is 2. The highest BCUT2D eigenvalue weighted by Gasteiger charge is 2.34. The van der Waals surface area contributed by atoms with Crippen LogP contribution in [-0.2, 0) is 16.1 Å². The Morgan fingerprint density at radius 1 is 1.15 bits per heavy atom. The van der Waals surface area contributed by atoms with Crippen molar-refractivity contribution in [2.75, 3.05) is 36.0 Å². The standard InChI is InChI=1S/C27H37ClN6O5S/c1-26(2,3)39-25(38)32-27(4)8-13-34(14-9-27)22-18(16-35)31-20(15-30-22)40-19-5-10-29-23(21(19)28)33-11-6-17(7-12-33)24(36)37/h5,10,15,17,35H,6-9,11-14,16H2,1-4H3,(H,32,38)(H,36,37). The number of alkyl carbamates (subject to hydrolysis) is 1. The van der Waals surface area contributed by atoms with Crippen LogP contribution in [-0.4, -0.2) is 74.5 Å². The minimum atomic E-state index is -0.763. The van der Waals surface area contributed by atoms with Crippen molar-refractivity contribution in [2.24, 2.45) is 5.92 Å². The van der Waals surface area contributed by atoms with Gasteiger partial charge in [0.1, 0.15) is 22.1 Å². The molecule has 0 saturated carbocycles. The fourth-order valence-electron chi connectivity index (χ4n) is 4.88. The van der Waals surface area contributed by atoms with Gasteiger partial charge in [-0.1, -0.05) is 23.4 Å². The molecule has 13 heteroatoms. The number of carboxylic acids is 1. The average molecular weight is 593 g/mol. The van der Waals surface area contributed by atoms with Crippen molar-refractivity contribution >= 4 is 47.1 Å². The van der Waals surface area contributed by atoms with Crippen LogP contribution in [0.3, 0.4) is 0 Å². The lowest BCUT2D eigenvalue weighted by Gasteiger charge is -2.40. The lowest BCUT2D eigenvalue weighted by Crippen LogP contribution is -2.54. The molecular weight excluding hydrogens is 556 g/mol. The summed E-state index contributed by atoms with van der Waals surface area (Å²) in [6.45, 7) is 9.67. The van der Waals surface area contributed by atoms with Gasteiger partial charge in [0.25, 0.3) is 0 Å². The molecule has 2 saturated heterocycles. The normalized spacial score (nSPS) is 17.9. The van der Waals surface area contributed by atoms with E-state index in [1.807, 2.05) is 32.6 Å². The van der Waals surface area contributed by atoms with E-state index >= 15 is 0 Å². The molecule has 218 valence electrons. The molecular formula is C27H37ClN6O5S. The molecule has 0 radical (unpaired) electrons. The molecule has 0 bridgehead atoms. The van der Waals surface area contributed by atoms with Gasteiger partial charge in [-0.25, -0.2) is 19.7 Å². The van der Waals surface area contributed by atoms with Gasteiger partial charge in [0.2, 0.25) is 0 Å². The monoisotopic (exact) mass is 592 g/mol. The number of aromatic nitrogens is 3. The lowest BCUT2D eigenvalue weighted by atomic mass is 9.89. The SMILES string of the molecule is CC1(NC(=O)OC(C)(C)C)CCN(c2ncc(Sc3ccnc(N4CCC(C(=O)O)CC4)c3Cl)nc2CO)CC1. The smallest absolute Gasteiger partial charge is 0.408 e. The van der Waals surface area contributed by atoms with Crippen molar-refractivity contribution in [3.8, 4) is 0 Å². The van der Waals surface area contributed by atoms with Gasteiger partial charge in [-0.15, -0.1) is 0 Å². The van der Waals surface area contributed by atoms with Crippen LogP contribution < -0.4 is 15.1 Å². The van der Waals surface area contributed by atoms with Crippen molar-refractivity contribution in [3.63, 3.8) is 0 Å². The van der Waals surface area contributed by atoms with E-state index in [-0.39, 0.29) is 12.5 Å². The molecule has 4 rings (SSSR count). The van der Waals surface area contributed by atoms with Crippen LogP contribution in [0.15, 0.2) is 28.4 Å². The quantitative estimate of drug-likeness (QED) is 0.422. The maximum absolute atomic E-state index is 12.3. The maximum atomic E-state index is 12.3. The molecule has 11 nitrogen and oxygen atoms in total. The second-order valence-corrected chi connectivity index (χ2v) is 12.9. The van der Waals surface area contributed by atoms with Crippen molar-refractivity contribution < 1.29 is 24.5 Å². The molecule has 0 atom stereocenters. The van der Waals surface area contributed by atoms with Gasteiger partial charge in [0.15, 0.2) is 5.82 Å². The van der Waals surface area contributed by atoms with E-state index in [4.69, 9.17) is 16.3 Å². The highest BCUT2D eigenvalue weighted by molar-refractivity contribution is 7.99. The van der Waals surface area contributed by atoms with E-state index in [2.05, 4.69) is 25.2 Å². The summed E-state index contributed by atoms with van der Waals surface area (Å²) >= 11 is 8.07. The summed E-state index contributed by atoms with van der Waals surface area (Å²) in [5.74, 6) is 0.140. The van der Waals surface area contributed by atoms with Gasteiger partial charge in [-0.05, 0) is 59.4 Å². The van der Waals surface area contributed by atoms with Crippen molar-refractivity contribution in [3.05, 3.63) is 29.2 Å². The maximum Gasteiger partial charge on any atom is 0.408 e. The summed E-state index contributed by atoms with van der Waals surface area (Å²) in [4.78, 5) is 42.2. The van der Waals surface area contributed by atoms with Crippen LogP contribution in [0.4, 0.5) is 16.4 Å². The summed E-state index contributed by atoms with van der Waals surface area (Å²) in [6.07, 6.45) is 5.39. The minimum Gasteiger partial charge on any atom is -0.481 e. The second kappa shape index (κ2) is 12.4. The molecule has 2 fully saturated rings. The molecule has 0 spiro atoms. The third kappa shape index (κ3) is 7.46. The van der Waals surface area contributed by atoms with E-state index in [9.17, 15) is 19.8 Å². The summed E-state index contributed by atoms with van der Waals surface area (Å²) in [7, 11) is 0. The first-order valence-electron chi connectivity index (χ1n) is 13.4. The van der Waals surface area contributed by atoms with E-state index in [1.165, 1.54) is 11.8 Å². The lowest BCUT2D eigenvalue weighted by molar-refractivity contribution is -0.142. The Hall–Kier alpha value is -2.83. The predicted molar refractivity (Wildman–Crippen MR) is 153 cm³/mol. The number of ether oxygens (including phenoxy) is 1. The Labute approximate surface area is 243 Å². The number of aliphatic carboxylic acids is 1. The summed E-state index contributed by atoms with van der Waals surface area (Å²) in [5, 5.41) is 23.4. The molecule has 0 unspecified atom stereocenters. The number of hydrogen-bond donors (Lipinski definition) is 3. The predicted octanol–water partition coefficient (Wildman–Crippen LogP) is 4.35. The van der Waals surface area contributed by atoms with E-state index in [1.54, 1.807) is 18.5 Å². The number of pyridine rings is 1. The van der Waals surface area contributed by atoms with Gasteiger partial charge in [0.05, 0.1) is 23.7 Å². The second-order valence-electron chi connectivity index (χ2n) is 11.5. The molecule has 4 heterocycles. The number of amides is 1. The van der Waals surface area contributed by atoms with E-state index in [0.29, 0.717) is 79.2 Å². The van der Waals surface area contributed by atoms with Gasteiger partial charge < -0.3 is 30.1 Å². The van der Waals surface area contributed by atoms with E-state index in [0.717, 1.165) is 4.90 Å². The van der Waals surface area contributed by atoms with Crippen molar-refractivity contribution in [2.45, 2.75) is 81.0 Å². The highest BCUT2D eigenvalue weighted by atomic mass is 35.5. The van der Waals surface area contributed by atoms with Crippen LogP contribution in [0.25, 0.3) is 0 Å². The number of halogens is 1. The number of hydrogen-bond acceptors (Lipinski definition) is 10. The number of carbonyl (C=O) groups excluding carboxylic acids is 1. The summed E-state index contributed by atoms with van der Waals surface area (Å²) < 4.78 is 5.42. The number of carboxylic acid groups (broad SMARTS) is 1. The topological polar surface area (TPSA) is 141 Å². The van der Waals surface area contributed by atoms with Crippen LogP contribution in [0.5, 0.6) is 0 Å². The van der Waals surface area contributed by atoms with Crippen LogP contribution in [0, 0.1) is 5.92 Å². The van der Waals surface area contributed by atoms with Crippen LogP contribution in [0.1, 0.15) is 59.1 Å². The fraction of sp³-hybridized carbons (Fsp3) is 0.593. The third-order valence-electron chi connectivity index (χ3n) is 7.11. The largest absolute Gasteiger partial charge is 0.481 e. The minimum absolute atomic E-state index is 0.269. The number of anilines is 2. The number of aliphatic hydroxyl groups excluding tert-OH is 1. The zero-order valence-corrected chi connectivity index (χ0v) is 24.9. The van der Waals surface area contributed by atoms with Gasteiger partial charge in [0, 0.05) is 42.8 Å². The van der Waals surface area contributed by atoms with Crippen LogP contribution in [0.2, 0.25) is 5.02 Å². The van der Waals surface area contributed by atoms with Gasteiger partial charge in [-0.2, -0.15) is 0 Å². The molecule has 2 aliphatic heterocycles. The number of carbonyl (C=O) groups is 2. The Morgan fingerprint density at radius 3 is 2.40 bits per heavy atom. The van der Waals surface area contributed by atoms with Crippen LogP contribution >= 0.6 is 23.4 Å². The molecule has 1 amide bonds. The number of nitrogens with zero attached hydrogens (tertiary/aromatic N) is 5. The molecule has 2 aromatic heterocycles. The molecule has 40 heavy (non-hydrogen) atoms. The van der Waals surface area contributed by atoms with Crippen molar-refractivity contribution in [1.82, 2.24) is 20.3 Å². The Morgan fingerprint density at radius 2 is 1.80 bits per heavy atom. The zero-order valence-electron chi connectivity index (χ0n) is 23.3. The van der Waals surface area contributed by atoms with Gasteiger partial charge in [-0.3, -0.25) is 4.79 Å². The summed E-state index contributed by atoms with van der Waals surface area (Å²) in [5.41, 5.74) is -0.497. The first kappa shape index (κ1) is 30.1. The van der Waals surface area contributed by atoms with Crippen molar-refractivity contribution in [1.29, 1.82) is 0 Å². The Balaban J connectivity index is 1.41. The molecule has 2 aliphatic rings. The third-order valence-corrected chi connectivity index (χ3v) is 8.56. The first-order valence-corrected chi connectivity index (χ1v) is 14.6. The molecule has 2 aromatic rings. The summed E-state index contributed by atoms with van der Waals surface area (Å²) in [6, 6.07) is 1.80. The number of rotatable bonds is 7.